The molecule has 0 atom stereocenters. The molecule has 0 saturated heterocycles. The highest BCUT2D eigenvalue weighted by molar-refractivity contribution is 5.72. The van der Waals surface area contributed by atoms with Crippen LogP contribution in [0.25, 0.3) is 0 Å². The van der Waals surface area contributed by atoms with Gasteiger partial charge in [0.1, 0.15) is 5.60 Å². The zero-order valence-corrected chi connectivity index (χ0v) is 13.9. The van der Waals surface area contributed by atoms with E-state index in [0.717, 1.165) is 11.4 Å². The van der Waals surface area contributed by atoms with Gasteiger partial charge in [0.05, 0.1) is 17.9 Å². The Bertz CT molecular complexity index is 568. The fourth-order valence-corrected chi connectivity index (χ4v) is 2.17. The van der Waals surface area contributed by atoms with Crippen molar-refractivity contribution in [3.05, 3.63) is 60.2 Å². The molecule has 122 valence electrons. The van der Waals surface area contributed by atoms with Crippen LogP contribution in [0.3, 0.4) is 0 Å². The second-order valence-corrected chi connectivity index (χ2v) is 6.37. The lowest BCUT2D eigenvalue weighted by Gasteiger charge is -2.24. The van der Waals surface area contributed by atoms with Crippen LogP contribution < -0.4 is 0 Å². The summed E-state index contributed by atoms with van der Waals surface area (Å²) in [6, 6.07) is 11.5. The lowest BCUT2D eigenvalue weighted by atomic mass is 10.2. The Morgan fingerprint density at radius 2 is 1.52 bits per heavy atom. The second kappa shape index (κ2) is 7.83. The highest BCUT2D eigenvalue weighted by atomic mass is 16.6. The summed E-state index contributed by atoms with van der Waals surface area (Å²) in [6.45, 7) is 6.93. The summed E-state index contributed by atoms with van der Waals surface area (Å²) in [4.78, 5) is 22.8. The first-order chi connectivity index (χ1) is 10.9. The predicted octanol–water partition coefficient (Wildman–Crippen LogP) is 2.82. The highest BCUT2D eigenvalue weighted by Crippen LogP contribution is 2.10. The Hall–Kier alpha value is -2.27. The Balaban J connectivity index is 2.06. The van der Waals surface area contributed by atoms with Crippen molar-refractivity contribution in [3.63, 3.8) is 0 Å². The number of hydrogen-bond acceptors (Lipinski definition) is 5. The van der Waals surface area contributed by atoms with Crippen molar-refractivity contribution in [3.8, 4) is 0 Å². The molecule has 0 unspecified atom stereocenters. The van der Waals surface area contributed by atoms with Crippen molar-refractivity contribution >= 4 is 5.97 Å². The van der Waals surface area contributed by atoms with Crippen molar-refractivity contribution < 1.29 is 9.53 Å². The molecule has 2 aromatic heterocycles. The third kappa shape index (κ3) is 6.57. The average molecular weight is 313 g/mol. The van der Waals surface area contributed by atoms with Crippen LogP contribution in [-0.4, -0.2) is 33.0 Å². The molecule has 0 radical (unpaired) electrons. The van der Waals surface area contributed by atoms with Gasteiger partial charge in [0.25, 0.3) is 0 Å². The molecular weight excluding hydrogens is 290 g/mol. The summed E-state index contributed by atoms with van der Waals surface area (Å²) in [7, 11) is 0. The minimum Gasteiger partial charge on any atom is -0.459 e. The summed E-state index contributed by atoms with van der Waals surface area (Å²) >= 11 is 0. The van der Waals surface area contributed by atoms with Gasteiger partial charge in [-0.3, -0.25) is 19.7 Å². The number of carbonyl (C=O) groups excluding carboxylic acids is 1. The Kier molecular flexibility index (Phi) is 5.82. The van der Waals surface area contributed by atoms with E-state index in [9.17, 15) is 4.79 Å². The second-order valence-electron chi connectivity index (χ2n) is 6.37. The largest absolute Gasteiger partial charge is 0.459 e. The van der Waals surface area contributed by atoms with Gasteiger partial charge in [0.15, 0.2) is 0 Å². The summed E-state index contributed by atoms with van der Waals surface area (Å²) in [5, 5.41) is 0. The van der Waals surface area contributed by atoms with Gasteiger partial charge in [-0.15, -0.1) is 0 Å². The minimum atomic E-state index is -0.487. The van der Waals surface area contributed by atoms with Crippen molar-refractivity contribution in [1.82, 2.24) is 14.9 Å². The maximum Gasteiger partial charge on any atom is 0.320 e. The monoisotopic (exact) mass is 313 g/mol. The molecule has 5 heteroatoms. The summed E-state index contributed by atoms with van der Waals surface area (Å²) in [6.07, 6.45) is 3.50. The smallest absolute Gasteiger partial charge is 0.320 e. The zero-order chi connectivity index (χ0) is 16.7. The first-order valence-corrected chi connectivity index (χ1v) is 7.66. The summed E-state index contributed by atoms with van der Waals surface area (Å²) < 4.78 is 5.42. The lowest BCUT2D eigenvalue weighted by Crippen LogP contribution is -2.34. The number of aromatic nitrogens is 2. The summed E-state index contributed by atoms with van der Waals surface area (Å²) in [5.41, 5.74) is 1.33. The van der Waals surface area contributed by atoms with E-state index in [1.165, 1.54) is 0 Å². The predicted molar refractivity (Wildman–Crippen MR) is 88.4 cm³/mol. The molecule has 0 aliphatic carbocycles. The molecule has 23 heavy (non-hydrogen) atoms. The van der Waals surface area contributed by atoms with Gasteiger partial charge in [0.2, 0.25) is 0 Å². The fraction of sp³-hybridized carbons (Fsp3) is 0.389. The molecule has 0 aromatic carbocycles. The molecule has 2 rings (SSSR count). The average Bonchev–Trinajstić information content (AvgIpc) is 2.47. The van der Waals surface area contributed by atoms with Crippen molar-refractivity contribution in [2.75, 3.05) is 6.54 Å². The molecule has 0 aliphatic rings. The molecule has 0 N–H and O–H groups in total. The molecule has 0 aliphatic heterocycles. The van der Waals surface area contributed by atoms with Gasteiger partial charge in [-0.1, -0.05) is 12.1 Å². The van der Waals surface area contributed by atoms with Crippen LogP contribution in [0, 0.1) is 0 Å². The molecule has 2 aromatic rings. The third-order valence-corrected chi connectivity index (χ3v) is 3.00. The highest BCUT2D eigenvalue weighted by Gasteiger charge is 2.19. The lowest BCUT2D eigenvalue weighted by molar-refractivity contribution is -0.156. The van der Waals surface area contributed by atoms with E-state index in [1.54, 1.807) is 12.4 Å². The summed E-state index contributed by atoms with van der Waals surface area (Å²) in [5.74, 6) is -0.246. The van der Waals surface area contributed by atoms with E-state index in [2.05, 4.69) is 9.97 Å². The maximum atomic E-state index is 12.1. The van der Waals surface area contributed by atoms with E-state index in [-0.39, 0.29) is 12.5 Å². The van der Waals surface area contributed by atoms with E-state index in [1.807, 2.05) is 62.1 Å². The van der Waals surface area contributed by atoms with E-state index >= 15 is 0 Å². The van der Waals surface area contributed by atoms with Crippen LogP contribution in [0.1, 0.15) is 32.2 Å². The zero-order valence-electron chi connectivity index (χ0n) is 13.9. The van der Waals surface area contributed by atoms with Gasteiger partial charge in [-0.05, 0) is 45.0 Å². The van der Waals surface area contributed by atoms with Crippen molar-refractivity contribution in [1.29, 1.82) is 0 Å². The normalized spacial score (nSPS) is 11.5. The molecular formula is C18H23N3O2. The molecule has 0 spiro atoms. The number of pyridine rings is 2. The standard InChI is InChI=1S/C18H23N3O2/c1-18(2,3)23-17(22)14-21(12-15-8-4-6-10-19-15)13-16-9-5-7-11-20-16/h4-11H,12-14H2,1-3H3. The molecule has 0 bridgehead atoms. The van der Waals surface area contributed by atoms with Gasteiger partial charge in [-0.2, -0.15) is 0 Å². The number of ether oxygens (including phenoxy) is 1. The van der Waals surface area contributed by atoms with Gasteiger partial charge >= 0.3 is 5.97 Å². The topological polar surface area (TPSA) is 55.3 Å². The Morgan fingerprint density at radius 3 is 1.91 bits per heavy atom. The maximum absolute atomic E-state index is 12.1. The SMILES string of the molecule is CC(C)(C)OC(=O)CN(Cc1ccccn1)Cc1ccccn1. The number of rotatable bonds is 6. The van der Waals surface area contributed by atoms with E-state index < -0.39 is 5.60 Å². The molecule has 0 saturated carbocycles. The number of nitrogens with zero attached hydrogens (tertiary/aromatic N) is 3. The first kappa shape index (κ1) is 17.1. The minimum absolute atomic E-state index is 0.199. The molecule has 0 amide bonds. The van der Waals surface area contributed by atoms with Crippen LogP contribution in [0.2, 0.25) is 0 Å². The quantitative estimate of drug-likeness (QED) is 0.768. The van der Waals surface area contributed by atoms with Crippen LogP contribution >= 0.6 is 0 Å². The first-order valence-electron chi connectivity index (χ1n) is 7.66. The Labute approximate surface area is 137 Å². The molecule has 5 nitrogen and oxygen atoms in total. The number of hydrogen-bond donors (Lipinski definition) is 0. The fourth-order valence-electron chi connectivity index (χ4n) is 2.17. The third-order valence-electron chi connectivity index (χ3n) is 3.00. The molecule has 0 fully saturated rings. The Morgan fingerprint density at radius 1 is 1.00 bits per heavy atom. The number of esters is 1. The van der Waals surface area contributed by atoms with Crippen LogP contribution in [-0.2, 0) is 22.6 Å². The van der Waals surface area contributed by atoms with E-state index in [0.29, 0.717) is 13.1 Å². The van der Waals surface area contributed by atoms with Gasteiger partial charge in [0, 0.05) is 25.5 Å². The van der Waals surface area contributed by atoms with Crippen LogP contribution in [0.4, 0.5) is 0 Å². The van der Waals surface area contributed by atoms with Crippen molar-refractivity contribution in [2.24, 2.45) is 0 Å². The van der Waals surface area contributed by atoms with Gasteiger partial charge < -0.3 is 4.74 Å². The van der Waals surface area contributed by atoms with Crippen LogP contribution in [0.15, 0.2) is 48.8 Å². The van der Waals surface area contributed by atoms with Crippen LogP contribution in [0.5, 0.6) is 0 Å². The van der Waals surface area contributed by atoms with E-state index in [4.69, 9.17) is 4.74 Å². The molecule has 2 heterocycles. The number of carbonyl (C=O) groups is 1. The van der Waals surface area contributed by atoms with Gasteiger partial charge in [-0.25, -0.2) is 0 Å². The van der Waals surface area contributed by atoms with Crippen molar-refractivity contribution in [2.45, 2.75) is 39.5 Å².